The highest BCUT2D eigenvalue weighted by atomic mass is 32.1. The van der Waals surface area contributed by atoms with Gasteiger partial charge < -0.3 is 14.8 Å². The Kier molecular flexibility index (Phi) is 7.72. The summed E-state index contributed by atoms with van der Waals surface area (Å²) >= 11 is 1.57. The van der Waals surface area contributed by atoms with E-state index in [-0.39, 0.29) is 23.4 Å². The molecule has 0 aliphatic carbocycles. The second-order valence-electron chi connectivity index (χ2n) is 5.60. The van der Waals surface area contributed by atoms with Crippen molar-refractivity contribution >= 4 is 23.3 Å². The number of hydrogen-bond acceptors (Lipinski definition) is 5. The molecule has 8 heteroatoms. The first-order valence-corrected chi connectivity index (χ1v) is 9.45. The Hall–Kier alpha value is -2.48. The number of rotatable bonds is 9. The average Bonchev–Trinajstić information content (AvgIpc) is 3.11. The number of thiazole rings is 1. The molecule has 0 aliphatic heterocycles. The van der Waals surface area contributed by atoms with Crippen LogP contribution in [0.1, 0.15) is 43.1 Å². The first-order chi connectivity index (χ1) is 12.9. The minimum absolute atomic E-state index is 0.0441. The molecule has 1 aromatic heterocycles. The van der Waals surface area contributed by atoms with Crippen LogP contribution in [0.15, 0.2) is 29.7 Å². The fraction of sp³-hybridized carbons (Fsp3) is 0.368. The first kappa shape index (κ1) is 20.8. The molecule has 0 aliphatic rings. The summed E-state index contributed by atoms with van der Waals surface area (Å²) in [5.74, 6) is -0.125. The molecule has 1 amide bonds. The van der Waals surface area contributed by atoms with Gasteiger partial charge >= 0.3 is 6.61 Å². The SMILES string of the molecule is CCOc1cc(/C=C/C(=O)NC(C)c2csc(CC)n2)ccc1OC(F)F. The van der Waals surface area contributed by atoms with Crippen molar-refractivity contribution in [3.8, 4) is 11.5 Å². The monoisotopic (exact) mass is 396 g/mol. The molecule has 0 saturated heterocycles. The Morgan fingerprint density at radius 1 is 1.33 bits per heavy atom. The van der Waals surface area contributed by atoms with Crippen molar-refractivity contribution in [3.63, 3.8) is 0 Å². The van der Waals surface area contributed by atoms with E-state index in [1.165, 1.54) is 12.1 Å². The van der Waals surface area contributed by atoms with Crippen LogP contribution in [0.5, 0.6) is 11.5 Å². The number of carbonyl (C=O) groups is 1. The van der Waals surface area contributed by atoms with Gasteiger partial charge in [-0.3, -0.25) is 4.79 Å². The fourth-order valence-corrected chi connectivity index (χ4v) is 3.12. The smallest absolute Gasteiger partial charge is 0.387 e. The maximum atomic E-state index is 12.4. The van der Waals surface area contributed by atoms with Gasteiger partial charge in [-0.15, -0.1) is 11.3 Å². The maximum Gasteiger partial charge on any atom is 0.387 e. The van der Waals surface area contributed by atoms with E-state index < -0.39 is 6.61 Å². The summed E-state index contributed by atoms with van der Waals surface area (Å²) in [7, 11) is 0. The van der Waals surface area contributed by atoms with E-state index in [1.54, 1.807) is 36.5 Å². The van der Waals surface area contributed by atoms with Gasteiger partial charge in [0.05, 0.1) is 23.4 Å². The molecule has 1 N–H and O–H groups in total. The minimum Gasteiger partial charge on any atom is -0.490 e. The lowest BCUT2D eigenvalue weighted by Gasteiger charge is -2.12. The van der Waals surface area contributed by atoms with Crippen molar-refractivity contribution in [2.45, 2.75) is 39.8 Å². The molecule has 0 saturated carbocycles. The molecular weight excluding hydrogens is 374 g/mol. The van der Waals surface area contributed by atoms with Gasteiger partial charge in [0, 0.05) is 11.5 Å². The number of halogens is 2. The zero-order valence-electron chi connectivity index (χ0n) is 15.4. The number of nitrogens with zero attached hydrogens (tertiary/aromatic N) is 1. The molecule has 5 nitrogen and oxygen atoms in total. The molecule has 1 atom stereocenters. The summed E-state index contributed by atoms with van der Waals surface area (Å²) in [5.41, 5.74) is 1.45. The molecule has 27 heavy (non-hydrogen) atoms. The van der Waals surface area contributed by atoms with Gasteiger partial charge in [0.25, 0.3) is 0 Å². The summed E-state index contributed by atoms with van der Waals surface area (Å²) in [4.78, 5) is 16.6. The Bertz CT molecular complexity index is 793. The minimum atomic E-state index is -2.93. The summed E-state index contributed by atoms with van der Waals surface area (Å²) in [6, 6.07) is 4.29. The van der Waals surface area contributed by atoms with Crippen LogP contribution < -0.4 is 14.8 Å². The molecule has 1 aromatic carbocycles. The van der Waals surface area contributed by atoms with E-state index >= 15 is 0 Å². The van der Waals surface area contributed by atoms with Crippen LogP contribution in [0, 0.1) is 0 Å². The third-order valence-electron chi connectivity index (χ3n) is 3.59. The van der Waals surface area contributed by atoms with Crippen molar-refractivity contribution in [1.82, 2.24) is 10.3 Å². The quantitative estimate of drug-likeness (QED) is 0.630. The molecular formula is C19H22F2N2O3S. The van der Waals surface area contributed by atoms with Crippen molar-refractivity contribution in [2.75, 3.05) is 6.61 Å². The normalized spacial score (nSPS) is 12.4. The van der Waals surface area contributed by atoms with Gasteiger partial charge in [0.15, 0.2) is 11.5 Å². The topological polar surface area (TPSA) is 60.5 Å². The van der Waals surface area contributed by atoms with E-state index in [2.05, 4.69) is 15.0 Å². The molecule has 0 radical (unpaired) electrons. The number of aromatic nitrogens is 1. The number of aryl methyl sites for hydroxylation is 1. The molecule has 2 rings (SSSR count). The van der Waals surface area contributed by atoms with Crippen LogP contribution >= 0.6 is 11.3 Å². The fourth-order valence-electron chi connectivity index (χ4n) is 2.28. The second kappa shape index (κ2) is 10.0. The Balaban J connectivity index is 2.03. The van der Waals surface area contributed by atoms with Crippen molar-refractivity contribution < 1.29 is 23.0 Å². The van der Waals surface area contributed by atoms with Crippen LogP contribution in [0.25, 0.3) is 6.08 Å². The van der Waals surface area contributed by atoms with E-state index in [9.17, 15) is 13.6 Å². The van der Waals surface area contributed by atoms with E-state index in [0.29, 0.717) is 12.2 Å². The lowest BCUT2D eigenvalue weighted by Crippen LogP contribution is -2.24. The standard InChI is InChI=1S/C19H22F2N2O3S/c1-4-18-23-14(11-27-18)12(3)22-17(24)9-7-13-6-8-15(26-19(20)21)16(10-13)25-5-2/h6-12,19H,4-5H2,1-3H3,(H,22,24)/b9-7+. The van der Waals surface area contributed by atoms with Crippen LogP contribution in [-0.4, -0.2) is 24.1 Å². The van der Waals surface area contributed by atoms with Crippen molar-refractivity contribution in [3.05, 3.63) is 45.9 Å². The van der Waals surface area contributed by atoms with Gasteiger partial charge in [-0.1, -0.05) is 13.0 Å². The number of hydrogen-bond donors (Lipinski definition) is 1. The zero-order chi connectivity index (χ0) is 19.8. The van der Waals surface area contributed by atoms with Crippen LogP contribution in [0.2, 0.25) is 0 Å². The summed E-state index contributed by atoms with van der Waals surface area (Å²) in [6.45, 7) is 3.01. The van der Waals surface area contributed by atoms with E-state index in [1.807, 2.05) is 19.2 Å². The third kappa shape index (κ3) is 6.32. The number of alkyl halides is 2. The Morgan fingerprint density at radius 3 is 2.74 bits per heavy atom. The highest BCUT2D eigenvalue weighted by molar-refractivity contribution is 7.09. The van der Waals surface area contributed by atoms with Crippen molar-refractivity contribution in [1.29, 1.82) is 0 Å². The number of nitrogens with one attached hydrogen (secondary N) is 1. The van der Waals surface area contributed by atoms with Crippen LogP contribution in [-0.2, 0) is 11.2 Å². The molecule has 1 unspecified atom stereocenters. The third-order valence-corrected chi connectivity index (χ3v) is 4.60. The van der Waals surface area contributed by atoms with Gasteiger partial charge in [-0.25, -0.2) is 4.98 Å². The summed E-state index contributed by atoms with van der Waals surface area (Å²) in [5, 5.41) is 5.80. The lowest BCUT2D eigenvalue weighted by atomic mass is 10.2. The maximum absolute atomic E-state index is 12.4. The zero-order valence-corrected chi connectivity index (χ0v) is 16.2. The van der Waals surface area contributed by atoms with Gasteiger partial charge in [-0.2, -0.15) is 8.78 Å². The highest BCUT2D eigenvalue weighted by Gasteiger charge is 2.12. The average molecular weight is 396 g/mol. The van der Waals surface area contributed by atoms with Crippen LogP contribution in [0.3, 0.4) is 0 Å². The Morgan fingerprint density at radius 2 is 2.11 bits per heavy atom. The number of carbonyl (C=O) groups excluding carboxylic acids is 1. The predicted octanol–water partition coefficient (Wildman–Crippen LogP) is 4.60. The van der Waals surface area contributed by atoms with Crippen molar-refractivity contribution in [2.24, 2.45) is 0 Å². The first-order valence-electron chi connectivity index (χ1n) is 8.57. The summed E-state index contributed by atoms with van der Waals surface area (Å²) < 4.78 is 34.6. The molecule has 0 fully saturated rings. The molecule has 0 bridgehead atoms. The largest absolute Gasteiger partial charge is 0.490 e. The summed E-state index contributed by atoms with van der Waals surface area (Å²) in [6.07, 6.45) is 3.82. The van der Waals surface area contributed by atoms with Gasteiger partial charge in [0.2, 0.25) is 5.91 Å². The Labute approximate surface area is 161 Å². The van der Waals surface area contributed by atoms with E-state index in [0.717, 1.165) is 17.1 Å². The van der Waals surface area contributed by atoms with E-state index in [4.69, 9.17) is 4.74 Å². The lowest BCUT2D eigenvalue weighted by molar-refractivity contribution is -0.117. The number of ether oxygens (including phenoxy) is 2. The number of benzene rings is 1. The highest BCUT2D eigenvalue weighted by Crippen LogP contribution is 2.30. The molecule has 1 heterocycles. The molecule has 0 spiro atoms. The van der Waals surface area contributed by atoms with Gasteiger partial charge in [0.1, 0.15) is 0 Å². The number of amides is 1. The second-order valence-corrected chi connectivity index (χ2v) is 6.54. The predicted molar refractivity (Wildman–Crippen MR) is 101 cm³/mol. The molecule has 2 aromatic rings. The van der Waals surface area contributed by atoms with Gasteiger partial charge in [-0.05, 0) is 44.0 Å². The molecule has 146 valence electrons. The van der Waals surface area contributed by atoms with Crippen LogP contribution in [0.4, 0.5) is 8.78 Å².